The number of pyridine rings is 1. The smallest absolute Gasteiger partial charge is 0.224 e. The van der Waals surface area contributed by atoms with Crippen LogP contribution < -0.4 is 4.90 Å². The van der Waals surface area contributed by atoms with E-state index in [1.165, 1.54) is 24.1 Å². The molecule has 0 aliphatic carbocycles. The summed E-state index contributed by atoms with van der Waals surface area (Å²) in [5.41, 5.74) is 1.12. The highest BCUT2D eigenvalue weighted by molar-refractivity contribution is 6.13. The van der Waals surface area contributed by atoms with Crippen molar-refractivity contribution < 1.29 is 9.59 Å². The highest BCUT2D eigenvalue weighted by Gasteiger charge is 2.19. The van der Waals surface area contributed by atoms with E-state index in [9.17, 15) is 9.59 Å². The minimum absolute atomic E-state index is 0.214. The van der Waals surface area contributed by atoms with E-state index < -0.39 is 0 Å². The van der Waals surface area contributed by atoms with Gasteiger partial charge in [-0.05, 0) is 24.3 Å². The van der Waals surface area contributed by atoms with E-state index in [0.29, 0.717) is 22.5 Å². The highest BCUT2D eigenvalue weighted by atomic mass is 16.2. The van der Waals surface area contributed by atoms with Crippen molar-refractivity contribution in [2.75, 3.05) is 11.9 Å². The number of carbonyl (C=O) groups excluding carboxylic acids is 2. The van der Waals surface area contributed by atoms with Crippen molar-refractivity contribution in [3.05, 3.63) is 59.3 Å². The zero-order valence-electron chi connectivity index (χ0n) is 11.7. The van der Waals surface area contributed by atoms with Gasteiger partial charge in [0.1, 0.15) is 5.82 Å². The molecular weight excluding hydrogens is 266 g/mol. The number of nitriles is 1. The van der Waals surface area contributed by atoms with Gasteiger partial charge in [0.2, 0.25) is 5.91 Å². The van der Waals surface area contributed by atoms with Gasteiger partial charge >= 0.3 is 0 Å². The monoisotopic (exact) mass is 279 g/mol. The normalized spacial score (nSPS) is 9.76. The topological polar surface area (TPSA) is 74.1 Å². The molecule has 5 heteroatoms. The van der Waals surface area contributed by atoms with Gasteiger partial charge in [-0.25, -0.2) is 4.98 Å². The van der Waals surface area contributed by atoms with Crippen molar-refractivity contribution in [3.8, 4) is 6.07 Å². The molecule has 2 aromatic rings. The molecule has 1 aromatic heterocycles. The molecule has 2 rings (SSSR count). The SMILES string of the molecule is CC(=O)N(C)c1ncccc1C(=O)c1cccc(C#N)c1. The predicted molar refractivity (Wildman–Crippen MR) is 77.9 cm³/mol. The van der Waals surface area contributed by atoms with Gasteiger partial charge in [0, 0.05) is 25.7 Å². The molecule has 0 aliphatic rings. The number of hydrogen-bond donors (Lipinski definition) is 0. The van der Waals surface area contributed by atoms with Crippen LogP contribution in [0, 0.1) is 11.3 Å². The Labute approximate surface area is 122 Å². The number of nitrogens with zero attached hydrogens (tertiary/aromatic N) is 3. The Bertz CT molecular complexity index is 747. The number of carbonyl (C=O) groups is 2. The molecule has 1 aromatic carbocycles. The van der Waals surface area contributed by atoms with Gasteiger partial charge in [-0.1, -0.05) is 12.1 Å². The van der Waals surface area contributed by atoms with Crippen LogP contribution in [0.1, 0.15) is 28.4 Å². The number of anilines is 1. The maximum atomic E-state index is 12.6. The van der Waals surface area contributed by atoms with Crippen molar-refractivity contribution in [2.45, 2.75) is 6.92 Å². The Hall–Kier alpha value is -3.00. The van der Waals surface area contributed by atoms with Gasteiger partial charge in [-0.3, -0.25) is 14.5 Å². The average molecular weight is 279 g/mol. The lowest BCUT2D eigenvalue weighted by Crippen LogP contribution is -2.26. The Morgan fingerprint density at radius 2 is 2.00 bits per heavy atom. The lowest BCUT2D eigenvalue weighted by molar-refractivity contribution is -0.116. The van der Waals surface area contributed by atoms with E-state index in [-0.39, 0.29) is 11.7 Å². The van der Waals surface area contributed by atoms with Crippen molar-refractivity contribution in [1.82, 2.24) is 4.98 Å². The minimum atomic E-state index is -0.275. The first-order valence-electron chi connectivity index (χ1n) is 6.28. The van der Waals surface area contributed by atoms with Gasteiger partial charge in [0.05, 0.1) is 17.2 Å². The van der Waals surface area contributed by atoms with E-state index in [2.05, 4.69) is 4.98 Å². The minimum Gasteiger partial charge on any atom is -0.300 e. The lowest BCUT2D eigenvalue weighted by atomic mass is 10.0. The third kappa shape index (κ3) is 2.95. The van der Waals surface area contributed by atoms with Crippen LogP contribution in [0.5, 0.6) is 0 Å². The summed E-state index contributed by atoms with van der Waals surface area (Å²) in [6, 6.07) is 11.7. The van der Waals surface area contributed by atoms with Crippen molar-refractivity contribution >= 4 is 17.5 Å². The molecule has 0 spiro atoms. The summed E-state index contributed by atoms with van der Waals surface area (Å²) in [5.74, 6) is -0.186. The third-order valence-electron chi connectivity index (χ3n) is 3.08. The molecule has 0 N–H and O–H groups in total. The van der Waals surface area contributed by atoms with Crippen molar-refractivity contribution in [3.63, 3.8) is 0 Å². The van der Waals surface area contributed by atoms with E-state index in [1.54, 1.807) is 37.4 Å². The number of benzene rings is 1. The van der Waals surface area contributed by atoms with Crippen LogP contribution in [0.15, 0.2) is 42.6 Å². The number of aromatic nitrogens is 1. The van der Waals surface area contributed by atoms with E-state index in [0.717, 1.165) is 0 Å². The van der Waals surface area contributed by atoms with Crippen molar-refractivity contribution in [2.24, 2.45) is 0 Å². The van der Waals surface area contributed by atoms with Crippen LogP contribution in [-0.4, -0.2) is 23.7 Å². The van der Waals surface area contributed by atoms with Crippen LogP contribution in [0.25, 0.3) is 0 Å². The zero-order valence-corrected chi connectivity index (χ0v) is 11.7. The summed E-state index contributed by atoms with van der Waals surface area (Å²) >= 11 is 0. The molecular formula is C16H13N3O2. The lowest BCUT2D eigenvalue weighted by Gasteiger charge is -2.16. The fourth-order valence-corrected chi connectivity index (χ4v) is 1.88. The molecule has 0 saturated heterocycles. The number of hydrogen-bond acceptors (Lipinski definition) is 4. The molecule has 0 unspecified atom stereocenters. The number of amides is 1. The largest absolute Gasteiger partial charge is 0.300 e. The van der Waals surface area contributed by atoms with Gasteiger partial charge in [0.25, 0.3) is 0 Å². The van der Waals surface area contributed by atoms with Crippen LogP contribution >= 0.6 is 0 Å². The Morgan fingerprint density at radius 1 is 1.24 bits per heavy atom. The molecule has 0 fully saturated rings. The standard InChI is InChI=1S/C16H13N3O2/c1-11(20)19(2)16-14(7-4-8-18-16)15(21)13-6-3-5-12(9-13)10-17/h3-9H,1-2H3. The summed E-state index contributed by atoms with van der Waals surface area (Å²) in [5, 5.41) is 8.90. The second-order valence-corrected chi connectivity index (χ2v) is 4.47. The summed E-state index contributed by atoms with van der Waals surface area (Å²) in [6.45, 7) is 1.40. The molecule has 0 aliphatic heterocycles. The number of rotatable bonds is 3. The first-order valence-corrected chi connectivity index (χ1v) is 6.28. The van der Waals surface area contributed by atoms with E-state index in [4.69, 9.17) is 5.26 Å². The molecule has 1 heterocycles. The zero-order chi connectivity index (χ0) is 15.4. The number of ketones is 1. The highest BCUT2D eigenvalue weighted by Crippen LogP contribution is 2.20. The van der Waals surface area contributed by atoms with E-state index in [1.807, 2.05) is 6.07 Å². The van der Waals surface area contributed by atoms with Gasteiger partial charge in [-0.2, -0.15) is 5.26 Å². The molecule has 1 amide bonds. The second kappa shape index (κ2) is 5.97. The average Bonchev–Trinajstić information content (AvgIpc) is 2.53. The predicted octanol–water partition coefficient (Wildman–Crippen LogP) is 2.17. The summed E-state index contributed by atoms with van der Waals surface area (Å²) < 4.78 is 0. The third-order valence-corrected chi connectivity index (χ3v) is 3.08. The molecule has 0 bridgehead atoms. The van der Waals surface area contributed by atoms with Crippen LogP contribution in [0.4, 0.5) is 5.82 Å². The van der Waals surface area contributed by atoms with Crippen LogP contribution in [-0.2, 0) is 4.79 Å². The maximum Gasteiger partial charge on any atom is 0.224 e. The van der Waals surface area contributed by atoms with Gasteiger partial charge in [0.15, 0.2) is 5.78 Å². The van der Waals surface area contributed by atoms with Gasteiger partial charge in [-0.15, -0.1) is 0 Å². The summed E-state index contributed by atoms with van der Waals surface area (Å²) in [6.07, 6.45) is 1.53. The quantitative estimate of drug-likeness (QED) is 0.807. The summed E-state index contributed by atoms with van der Waals surface area (Å²) in [4.78, 5) is 29.5. The van der Waals surface area contributed by atoms with E-state index >= 15 is 0 Å². The van der Waals surface area contributed by atoms with Gasteiger partial charge < -0.3 is 0 Å². The molecule has 21 heavy (non-hydrogen) atoms. The first-order chi connectivity index (χ1) is 10.0. The Balaban J connectivity index is 2.49. The summed E-state index contributed by atoms with van der Waals surface area (Å²) in [7, 11) is 1.56. The van der Waals surface area contributed by atoms with Crippen LogP contribution in [0.2, 0.25) is 0 Å². The van der Waals surface area contributed by atoms with Crippen molar-refractivity contribution in [1.29, 1.82) is 5.26 Å². The Morgan fingerprint density at radius 3 is 2.67 bits per heavy atom. The molecule has 0 saturated carbocycles. The fraction of sp³-hybridized carbons (Fsp3) is 0.125. The second-order valence-electron chi connectivity index (χ2n) is 4.47. The maximum absolute atomic E-state index is 12.6. The fourth-order valence-electron chi connectivity index (χ4n) is 1.88. The van der Waals surface area contributed by atoms with Crippen LogP contribution in [0.3, 0.4) is 0 Å². The molecule has 0 radical (unpaired) electrons. The molecule has 5 nitrogen and oxygen atoms in total. The molecule has 0 atom stereocenters. The first kappa shape index (κ1) is 14.4. The molecule has 104 valence electrons. The Kier molecular flexibility index (Phi) is 4.10.